The van der Waals surface area contributed by atoms with E-state index in [-0.39, 0.29) is 12.6 Å². The third kappa shape index (κ3) is 10.8. The predicted octanol–water partition coefficient (Wildman–Crippen LogP) is 3.80. The monoisotopic (exact) mass is 222 g/mol. The highest BCUT2D eigenvalue weighted by Crippen LogP contribution is 2.04. The normalized spacial score (nSPS) is 11.1. The van der Waals surface area contributed by atoms with Gasteiger partial charge in [0.15, 0.2) is 0 Å². The number of esters is 1. The number of hydrogen-bond donors (Lipinski definition) is 0. The first-order valence-corrected chi connectivity index (χ1v) is 5.86. The van der Waals surface area contributed by atoms with Crippen molar-refractivity contribution in [3.8, 4) is 0 Å². The molecule has 0 heterocycles. The summed E-state index contributed by atoms with van der Waals surface area (Å²) < 4.78 is 4.80. The van der Waals surface area contributed by atoms with Crippen molar-refractivity contribution in [3.05, 3.63) is 37.0 Å². The van der Waals surface area contributed by atoms with Crippen LogP contribution in [0.4, 0.5) is 0 Å². The SMILES string of the molecule is C=CCOC(=O)/C=C/CCCCC/C=C/C. The molecule has 0 aliphatic carbocycles. The van der Waals surface area contributed by atoms with E-state index in [1.807, 2.05) is 13.0 Å². The van der Waals surface area contributed by atoms with Crippen LogP contribution >= 0.6 is 0 Å². The Morgan fingerprint density at radius 1 is 1.19 bits per heavy atom. The van der Waals surface area contributed by atoms with Gasteiger partial charge in [-0.05, 0) is 32.6 Å². The van der Waals surface area contributed by atoms with Gasteiger partial charge in [0.1, 0.15) is 6.61 Å². The summed E-state index contributed by atoms with van der Waals surface area (Å²) in [6.45, 7) is 5.79. The maximum atomic E-state index is 11.0. The van der Waals surface area contributed by atoms with Crippen molar-refractivity contribution >= 4 is 5.97 Å². The van der Waals surface area contributed by atoms with Crippen LogP contribution in [0.3, 0.4) is 0 Å². The molecule has 0 saturated heterocycles. The molecule has 0 aliphatic rings. The van der Waals surface area contributed by atoms with E-state index < -0.39 is 0 Å². The molecule has 0 N–H and O–H groups in total. The Hall–Kier alpha value is -1.31. The second-order valence-corrected chi connectivity index (χ2v) is 3.53. The Labute approximate surface area is 98.7 Å². The van der Waals surface area contributed by atoms with Crippen LogP contribution in [0, 0.1) is 0 Å². The summed E-state index contributed by atoms with van der Waals surface area (Å²) in [6.07, 6.45) is 14.8. The molecule has 0 aliphatic heterocycles. The van der Waals surface area contributed by atoms with Crippen LogP contribution in [0.15, 0.2) is 37.0 Å². The maximum absolute atomic E-state index is 11.0. The van der Waals surface area contributed by atoms with E-state index in [2.05, 4.69) is 18.7 Å². The Kier molecular flexibility index (Phi) is 10.8. The second-order valence-electron chi connectivity index (χ2n) is 3.53. The highest BCUT2D eigenvalue weighted by atomic mass is 16.5. The zero-order chi connectivity index (χ0) is 12.1. The van der Waals surface area contributed by atoms with Crippen molar-refractivity contribution in [3.63, 3.8) is 0 Å². The Morgan fingerprint density at radius 2 is 1.88 bits per heavy atom. The first-order chi connectivity index (χ1) is 7.81. The summed E-state index contributed by atoms with van der Waals surface area (Å²) in [4.78, 5) is 11.0. The van der Waals surface area contributed by atoms with Crippen LogP contribution in [0.25, 0.3) is 0 Å². The van der Waals surface area contributed by atoms with Gasteiger partial charge in [-0.15, -0.1) is 0 Å². The van der Waals surface area contributed by atoms with Gasteiger partial charge in [-0.1, -0.05) is 37.3 Å². The largest absolute Gasteiger partial charge is 0.458 e. The number of rotatable bonds is 9. The van der Waals surface area contributed by atoms with E-state index in [0.717, 1.165) is 19.3 Å². The molecule has 0 aromatic heterocycles. The molecule has 0 amide bonds. The number of allylic oxidation sites excluding steroid dienone is 3. The predicted molar refractivity (Wildman–Crippen MR) is 68.2 cm³/mol. The standard InChI is InChI=1S/C14H22O2/c1-3-5-6-7-8-9-10-11-12-14(15)16-13-4-2/h3-5,11-12H,2,6-10,13H2,1H3/b5-3+,12-11+. The van der Waals surface area contributed by atoms with Crippen molar-refractivity contribution < 1.29 is 9.53 Å². The summed E-state index contributed by atoms with van der Waals surface area (Å²) in [7, 11) is 0. The van der Waals surface area contributed by atoms with Gasteiger partial charge in [-0.2, -0.15) is 0 Å². The molecule has 0 bridgehead atoms. The average Bonchev–Trinajstić information content (AvgIpc) is 2.30. The highest BCUT2D eigenvalue weighted by Gasteiger charge is 1.92. The zero-order valence-electron chi connectivity index (χ0n) is 10.2. The minimum Gasteiger partial charge on any atom is -0.458 e. The number of ether oxygens (including phenoxy) is 1. The van der Waals surface area contributed by atoms with E-state index >= 15 is 0 Å². The quantitative estimate of drug-likeness (QED) is 0.257. The summed E-state index contributed by atoms with van der Waals surface area (Å²) in [5, 5.41) is 0. The van der Waals surface area contributed by atoms with Crippen molar-refractivity contribution in [1.82, 2.24) is 0 Å². The molecule has 0 rings (SSSR count). The minimum absolute atomic E-state index is 0.284. The lowest BCUT2D eigenvalue weighted by molar-refractivity contribution is -0.136. The van der Waals surface area contributed by atoms with E-state index in [1.165, 1.54) is 18.9 Å². The van der Waals surface area contributed by atoms with E-state index in [9.17, 15) is 4.79 Å². The van der Waals surface area contributed by atoms with Gasteiger partial charge in [-0.3, -0.25) is 0 Å². The van der Waals surface area contributed by atoms with Crippen LogP contribution in [0.5, 0.6) is 0 Å². The van der Waals surface area contributed by atoms with Gasteiger partial charge in [-0.25, -0.2) is 4.79 Å². The van der Waals surface area contributed by atoms with Crippen LogP contribution < -0.4 is 0 Å². The summed E-state index contributed by atoms with van der Waals surface area (Å²) >= 11 is 0. The lowest BCUT2D eigenvalue weighted by Crippen LogP contribution is -1.99. The van der Waals surface area contributed by atoms with Gasteiger partial charge < -0.3 is 4.74 Å². The Balaban J connectivity index is 3.32. The van der Waals surface area contributed by atoms with E-state index in [4.69, 9.17) is 4.74 Å². The molecular formula is C14H22O2. The fraction of sp³-hybridized carbons (Fsp3) is 0.500. The van der Waals surface area contributed by atoms with E-state index in [0.29, 0.717) is 0 Å². The fourth-order valence-corrected chi connectivity index (χ4v) is 1.24. The fourth-order valence-electron chi connectivity index (χ4n) is 1.24. The van der Waals surface area contributed by atoms with Crippen molar-refractivity contribution in [2.75, 3.05) is 6.61 Å². The number of carbonyl (C=O) groups is 1. The first-order valence-electron chi connectivity index (χ1n) is 5.86. The lowest BCUT2D eigenvalue weighted by atomic mass is 10.1. The molecule has 0 aromatic carbocycles. The molecule has 0 spiro atoms. The molecule has 0 atom stereocenters. The third-order valence-electron chi connectivity index (χ3n) is 2.07. The number of carbonyl (C=O) groups excluding carboxylic acids is 1. The average molecular weight is 222 g/mol. The van der Waals surface area contributed by atoms with Crippen molar-refractivity contribution in [2.45, 2.75) is 39.0 Å². The highest BCUT2D eigenvalue weighted by molar-refractivity contribution is 5.81. The van der Waals surface area contributed by atoms with Crippen LogP contribution in [-0.2, 0) is 9.53 Å². The van der Waals surface area contributed by atoms with Crippen LogP contribution in [0.2, 0.25) is 0 Å². The third-order valence-corrected chi connectivity index (χ3v) is 2.07. The Bertz CT molecular complexity index is 239. The topological polar surface area (TPSA) is 26.3 Å². The first kappa shape index (κ1) is 14.7. The number of unbranched alkanes of at least 4 members (excludes halogenated alkanes) is 4. The zero-order valence-corrected chi connectivity index (χ0v) is 10.2. The summed E-state index contributed by atoms with van der Waals surface area (Å²) in [6, 6.07) is 0. The molecule has 0 radical (unpaired) electrons. The molecule has 2 heteroatoms. The van der Waals surface area contributed by atoms with Crippen LogP contribution in [-0.4, -0.2) is 12.6 Å². The van der Waals surface area contributed by atoms with Crippen molar-refractivity contribution in [1.29, 1.82) is 0 Å². The summed E-state index contributed by atoms with van der Waals surface area (Å²) in [5.74, 6) is -0.284. The molecular weight excluding hydrogens is 200 g/mol. The van der Waals surface area contributed by atoms with Gasteiger partial charge in [0.05, 0.1) is 0 Å². The van der Waals surface area contributed by atoms with Gasteiger partial charge in [0, 0.05) is 6.08 Å². The molecule has 16 heavy (non-hydrogen) atoms. The minimum atomic E-state index is -0.284. The van der Waals surface area contributed by atoms with Gasteiger partial charge in [0.2, 0.25) is 0 Å². The van der Waals surface area contributed by atoms with Crippen LogP contribution in [0.1, 0.15) is 39.0 Å². The summed E-state index contributed by atoms with van der Waals surface area (Å²) in [5.41, 5.74) is 0. The molecule has 0 fully saturated rings. The molecule has 0 aromatic rings. The number of hydrogen-bond acceptors (Lipinski definition) is 2. The second kappa shape index (κ2) is 11.8. The smallest absolute Gasteiger partial charge is 0.330 e. The van der Waals surface area contributed by atoms with Gasteiger partial charge in [0.25, 0.3) is 0 Å². The Morgan fingerprint density at radius 3 is 2.50 bits per heavy atom. The maximum Gasteiger partial charge on any atom is 0.330 e. The van der Waals surface area contributed by atoms with Gasteiger partial charge >= 0.3 is 5.97 Å². The van der Waals surface area contributed by atoms with E-state index in [1.54, 1.807) is 6.08 Å². The molecule has 0 unspecified atom stereocenters. The molecule has 90 valence electrons. The van der Waals surface area contributed by atoms with Crippen molar-refractivity contribution in [2.24, 2.45) is 0 Å². The molecule has 0 saturated carbocycles. The lowest BCUT2D eigenvalue weighted by Gasteiger charge is -1.96. The molecule has 2 nitrogen and oxygen atoms in total.